The first-order valence-electron chi connectivity index (χ1n) is 9.65. The SMILES string of the molecule is O=C(NCCC(=O)N1CCCC1)C1CCN(C(=O)c2ccc(Br)cc2)CC1. The molecule has 0 saturated carbocycles. The van der Waals surface area contributed by atoms with Crippen molar-refractivity contribution < 1.29 is 14.4 Å². The Morgan fingerprint density at radius 3 is 2.22 bits per heavy atom. The minimum atomic E-state index is -0.0825. The van der Waals surface area contributed by atoms with Crippen LogP contribution in [0.15, 0.2) is 28.7 Å². The van der Waals surface area contributed by atoms with Crippen molar-refractivity contribution in [3.05, 3.63) is 34.3 Å². The lowest BCUT2D eigenvalue weighted by atomic mass is 9.95. The minimum Gasteiger partial charge on any atom is -0.355 e. The van der Waals surface area contributed by atoms with Crippen molar-refractivity contribution in [3.8, 4) is 0 Å². The summed E-state index contributed by atoms with van der Waals surface area (Å²) < 4.78 is 0.942. The lowest BCUT2D eigenvalue weighted by molar-refractivity contribution is -0.130. The van der Waals surface area contributed by atoms with Gasteiger partial charge in [0.2, 0.25) is 11.8 Å². The first-order chi connectivity index (χ1) is 13.0. The number of carbonyl (C=O) groups excluding carboxylic acids is 3. The van der Waals surface area contributed by atoms with E-state index in [0.717, 1.165) is 30.4 Å². The number of rotatable bonds is 5. The van der Waals surface area contributed by atoms with Crippen molar-refractivity contribution in [2.45, 2.75) is 32.1 Å². The summed E-state index contributed by atoms with van der Waals surface area (Å²) in [5.41, 5.74) is 0.668. The first-order valence-corrected chi connectivity index (χ1v) is 10.4. The van der Waals surface area contributed by atoms with Gasteiger partial charge in [0.25, 0.3) is 5.91 Å². The normalized spacial score (nSPS) is 17.8. The summed E-state index contributed by atoms with van der Waals surface area (Å²) >= 11 is 3.37. The van der Waals surface area contributed by atoms with Gasteiger partial charge in [-0.05, 0) is 49.9 Å². The average molecular weight is 436 g/mol. The van der Waals surface area contributed by atoms with Crippen LogP contribution in [0.4, 0.5) is 0 Å². The van der Waals surface area contributed by atoms with Crippen LogP contribution in [0.5, 0.6) is 0 Å². The average Bonchev–Trinajstić information content (AvgIpc) is 3.23. The summed E-state index contributed by atoms with van der Waals surface area (Å²) in [6, 6.07) is 7.33. The zero-order valence-electron chi connectivity index (χ0n) is 15.5. The van der Waals surface area contributed by atoms with Gasteiger partial charge in [-0.15, -0.1) is 0 Å². The molecule has 0 unspecified atom stereocenters. The lowest BCUT2D eigenvalue weighted by Gasteiger charge is -2.31. The fourth-order valence-corrected chi connectivity index (χ4v) is 3.95. The maximum Gasteiger partial charge on any atom is 0.253 e. The van der Waals surface area contributed by atoms with Gasteiger partial charge >= 0.3 is 0 Å². The van der Waals surface area contributed by atoms with E-state index in [1.165, 1.54) is 0 Å². The van der Waals surface area contributed by atoms with Gasteiger partial charge in [0.05, 0.1) is 0 Å². The predicted molar refractivity (Wildman–Crippen MR) is 106 cm³/mol. The second-order valence-electron chi connectivity index (χ2n) is 7.20. The van der Waals surface area contributed by atoms with Crippen LogP contribution in [0, 0.1) is 5.92 Å². The third kappa shape index (κ3) is 5.31. The molecule has 0 aliphatic carbocycles. The van der Waals surface area contributed by atoms with E-state index < -0.39 is 0 Å². The molecule has 3 rings (SSSR count). The van der Waals surface area contributed by atoms with E-state index in [2.05, 4.69) is 21.2 Å². The van der Waals surface area contributed by atoms with Crippen LogP contribution in [0.1, 0.15) is 42.5 Å². The topological polar surface area (TPSA) is 69.7 Å². The number of likely N-dealkylation sites (tertiary alicyclic amines) is 2. The maximum atomic E-state index is 12.5. The number of carbonyl (C=O) groups is 3. The molecule has 0 radical (unpaired) electrons. The number of hydrogen-bond acceptors (Lipinski definition) is 3. The summed E-state index contributed by atoms with van der Waals surface area (Å²) in [5.74, 6) is 0.0566. The van der Waals surface area contributed by atoms with Crippen LogP contribution in [0.25, 0.3) is 0 Å². The van der Waals surface area contributed by atoms with Gasteiger partial charge in [-0.1, -0.05) is 15.9 Å². The number of benzene rings is 1. The molecular formula is C20H26BrN3O3. The van der Waals surface area contributed by atoms with Crippen LogP contribution in [0.3, 0.4) is 0 Å². The largest absolute Gasteiger partial charge is 0.355 e. The third-order valence-corrected chi connectivity index (χ3v) is 5.87. The van der Waals surface area contributed by atoms with Crippen molar-refractivity contribution in [1.82, 2.24) is 15.1 Å². The maximum absolute atomic E-state index is 12.5. The van der Waals surface area contributed by atoms with Crippen LogP contribution < -0.4 is 5.32 Å². The molecule has 0 bridgehead atoms. The first kappa shape index (κ1) is 19.9. The summed E-state index contributed by atoms with van der Waals surface area (Å²) in [7, 11) is 0. The van der Waals surface area contributed by atoms with Gasteiger partial charge in [-0.3, -0.25) is 14.4 Å². The van der Waals surface area contributed by atoms with E-state index in [1.54, 1.807) is 0 Å². The second kappa shape index (κ2) is 9.35. The molecule has 1 aromatic rings. The molecule has 1 N–H and O–H groups in total. The fourth-order valence-electron chi connectivity index (χ4n) is 3.68. The molecule has 2 fully saturated rings. The van der Waals surface area contributed by atoms with E-state index in [1.807, 2.05) is 34.1 Å². The Labute approximate surface area is 168 Å². The number of halogens is 1. The van der Waals surface area contributed by atoms with Crippen molar-refractivity contribution in [2.75, 3.05) is 32.7 Å². The number of nitrogens with zero attached hydrogens (tertiary/aromatic N) is 2. The van der Waals surface area contributed by atoms with Gasteiger partial charge < -0.3 is 15.1 Å². The zero-order chi connectivity index (χ0) is 19.2. The van der Waals surface area contributed by atoms with Crippen LogP contribution in [-0.4, -0.2) is 60.2 Å². The molecule has 2 heterocycles. The minimum absolute atomic E-state index is 0.0000346. The standard InChI is InChI=1S/C20H26BrN3O3/c21-17-5-3-16(4-6-17)20(27)24-13-8-15(9-14-24)19(26)22-10-7-18(25)23-11-1-2-12-23/h3-6,15H,1-2,7-14H2,(H,22,26). The highest BCUT2D eigenvalue weighted by molar-refractivity contribution is 9.10. The van der Waals surface area contributed by atoms with Crippen molar-refractivity contribution in [3.63, 3.8) is 0 Å². The van der Waals surface area contributed by atoms with Crippen LogP contribution in [-0.2, 0) is 9.59 Å². The molecule has 0 aromatic heterocycles. The summed E-state index contributed by atoms with van der Waals surface area (Å²) in [6.07, 6.45) is 3.85. The molecule has 3 amide bonds. The molecule has 1 aromatic carbocycles. The Kier molecular flexibility index (Phi) is 6.88. The summed E-state index contributed by atoms with van der Waals surface area (Å²) in [5, 5.41) is 2.89. The number of hydrogen-bond donors (Lipinski definition) is 1. The molecule has 27 heavy (non-hydrogen) atoms. The van der Waals surface area contributed by atoms with Crippen molar-refractivity contribution in [2.24, 2.45) is 5.92 Å². The molecule has 0 atom stereocenters. The van der Waals surface area contributed by atoms with E-state index in [0.29, 0.717) is 44.5 Å². The Hall–Kier alpha value is -1.89. The van der Waals surface area contributed by atoms with E-state index in [-0.39, 0.29) is 23.6 Å². The highest BCUT2D eigenvalue weighted by Gasteiger charge is 2.28. The van der Waals surface area contributed by atoms with E-state index >= 15 is 0 Å². The molecule has 2 aliphatic heterocycles. The Morgan fingerprint density at radius 2 is 1.59 bits per heavy atom. The molecule has 7 heteroatoms. The van der Waals surface area contributed by atoms with Crippen molar-refractivity contribution in [1.29, 1.82) is 0 Å². The molecule has 2 aliphatic rings. The Balaban J connectivity index is 1.39. The fraction of sp³-hybridized carbons (Fsp3) is 0.550. The quantitative estimate of drug-likeness (QED) is 0.771. The number of piperidine rings is 1. The van der Waals surface area contributed by atoms with Crippen LogP contribution >= 0.6 is 15.9 Å². The Bertz CT molecular complexity index is 678. The zero-order valence-corrected chi connectivity index (χ0v) is 17.0. The summed E-state index contributed by atoms with van der Waals surface area (Å²) in [6.45, 7) is 3.25. The van der Waals surface area contributed by atoms with E-state index in [4.69, 9.17) is 0 Å². The van der Waals surface area contributed by atoms with Gasteiger partial charge in [-0.25, -0.2) is 0 Å². The smallest absolute Gasteiger partial charge is 0.253 e. The lowest BCUT2D eigenvalue weighted by Crippen LogP contribution is -2.43. The highest BCUT2D eigenvalue weighted by atomic mass is 79.9. The third-order valence-electron chi connectivity index (χ3n) is 5.34. The molecule has 0 spiro atoms. The molecule has 2 saturated heterocycles. The van der Waals surface area contributed by atoms with Crippen molar-refractivity contribution >= 4 is 33.7 Å². The van der Waals surface area contributed by atoms with Crippen LogP contribution in [0.2, 0.25) is 0 Å². The molecule has 146 valence electrons. The van der Waals surface area contributed by atoms with Gasteiger partial charge in [-0.2, -0.15) is 0 Å². The van der Waals surface area contributed by atoms with E-state index in [9.17, 15) is 14.4 Å². The highest BCUT2D eigenvalue weighted by Crippen LogP contribution is 2.20. The van der Waals surface area contributed by atoms with Gasteiger partial charge in [0, 0.05) is 55.1 Å². The number of nitrogens with one attached hydrogen (secondary N) is 1. The van der Waals surface area contributed by atoms with Gasteiger partial charge in [0.1, 0.15) is 0 Å². The Morgan fingerprint density at radius 1 is 0.963 bits per heavy atom. The molecule has 6 nitrogen and oxygen atoms in total. The second-order valence-corrected chi connectivity index (χ2v) is 8.12. The van der Waals surface area contributed by atoms with Gasteiger partial charge in [0.15, 0.2) is 0 Å². The monoisotopic (exact) mass is 435 g/mol. The predicted octanol–water partition coefficient (Wildman–Crippen LogP) is 2.43. The summed E-state index contributed by atoms with van der Waals surface area (Å²) in [4.78, 5) is 40.6. The number of amides is 3. The molecular weight excluding hydrogens is 410 g/mol.